The molecule has 0 radical (unpaired) electrons. The first-order chi connectivity index (χ1) is 15.4. The second kappa shape index (κ2) is 11.6. The number of carbonyl (C=O) groups is 1. The van der Waals surface area contributed by atoms with E-state index in [1.807, 2.05) is 31.1 Å². The third kappa shape index (κ3) is 6.43. The van der Waals surface area contributed by atoms with Crippen LogP contribution in [-0.4, -0.2) is 55.8 Å². The van der Waals surface area contributed by atoms with E-state index in [1.165, 1.54) is 12.1 Å². The molecule has 0 N–H and O–H groups in total. The fourth-order valence-electron chi connectivity index (χ4n) is 3.33. The summed E-state index contributed by atoms with van der Waals surface area (Å²) in [7, 11) is 5.71. The lowest BCUT2D eigenvalue weighted by Gasteiger charge is -2.21. The topological polar surface area (TPSA) is 45.7 Å². The van der Waals surface area contributed by atoms with Gasteiger partial charge in [-0.25, -0.2) is 9.37 Å². The van der Waals surface area contributed by atoms with Crippen LogP contribution in [0.3, 0.4) is 0 Å². The highest BCUT2D eigenvalue weighted by molar-refractivity contribution is 7.99. The summed E-state index contributed by atoms with van der Waals surface area (Å²) in [6, 6.07) is 10.4. The minimum absolute atomic E-state index is 0.0825. The number of amides is 1. The van der Waals surface area contributed by atoms with Crippen LogP contribution in [0.15, 0.2) is 41.3 Å². The first-order valence-corrected chi connectivity index (χ1v) is 12.5. The van der Waals surface area contributed by atoms with Crippen LogP contribution in [0.5, 0.6) is 5.75 Å². The molecule has 0 saturated carbocycles. The Kier molecular flexibility index (Phi) is 8.90. The van der Waals surface area contributed by atoms with Crippen molar-refractivity contribution in [2.75, 3.05) is 44.9 Å². The maximum absolute atomic E-state index is 13.2. The van der Waals surface area contributed by atoms with Crippen LogP contribution in [0.2, 0.25) is 0 Å². The van der Waals surface area contributed by atoms with Gasteiger partial charge in [0.1, 0.15) is 17.1 Å². The molecule has 0 aliphatic heterocycles. The van der Waals surface area contributed by atoms with Crippen LogP contribution in [0.1, 0.15) is 24.8 Å². The highest BCUT2D eigenvalue weighted by Gasteiger charge is 2.21. The Morgan fingerprint density at radius 1 is 1.12 bits per heavy atom. The number of rotatable bonds is 11. The average molecular weight is 476 g/mol. The number of thiazole rings is 1. The number of nitrogens with zero attached hydrogens (tertiary/aromatic N) is 3. The zero-order chi connectivity index (χ0) is 23.1. The zero-order valence-electron chi connectivity index (χ0n) is 19.1. The molecule has 0 saturated heterocycles. The lowest BCUT2D eigenvalue weighted by atomic mass is 10.2. The van der Waals surface area contributed by atoms with Crippen LogP contribution in [-0.2, 0) is 4.79 Å². The highest BCUT2D eigenvalue weighted by atomic mass is 32.2. The number of aryl methyl sites for hydroxylation is 1. The van der Waals surface area contributed by atoms with Crippen molar-refractivity contribution >= 4 is 44.4 Å². The van der Waals surface area contributed by atoms with Crippen molar-refractivity contribution < 1.29 is 13.9 Å². The molecular weight excluding hydrogens is 445 g/mol. The molecule has 172 valence electrons. The Morgan fingerprint density at radius 3 is 2.56 bits per heavy atom. The largest absolute Gasteiger partial charge is 0.494 e. The van der Waals surface area contributed by atoms with Crippen molar-refractivity contribution in [1.82, 2.24) is 9.88 Å². The molecule has 0 unspecified atom stereocenters. The molecule has 3 aromatic rings. The van der Waals surface area contributed by atoms with E-state index in [2.05, 4.69) is 11.8 Å². The molecule has 1 heterocycles. The number of ether oxygens (including phenoxy) is 1. The van der Waals surface area contributed by atoms with Gasteiger partial charge >= 0.3 is 0 Å². The fourth-order valence-corrected chi connectivity index (χ4v) is 5.28. The molecule has 5 nitrogen and oxygen atoms in total. The molecular formula is C24H30FN3O2S2. The second-order valence-corrected chi connectivity index (χ2v) is 10.0. The van der Waals surface area contributed by atoms with Crippen LogP contribution in [0.25, 0.3) is 10.2 Å². The van der Waals surface area contributed by atoms with E-state index in [4.69, 9.17) is 9.72 Å². The third-order valence-electron chi connectivity index (χ3n) is 5.05. The average Bonchev–Trinajstić information content (AvgIpc) is 3.21. The number of methoxy groups -OCH3 is 1. The smallest absolute Gasteiger partial charge is 0.228 e. The summed E-state index contributed by atoms with van der Waals surface area (Å²) < 4.78 is 19.6. The predicted octanol–water partition coefficient (Wildman–Crippen LogP) is 5.61. The van der Waals surface area contributed by atoms with Gasteiger partial charge < -0.3 is 9.64 Å². The summed E-state index contributed by atoms with van der Waals surface area (Å²) in [6.07, 6.45) is 2.07. The first kappa shape index (κ1) is 24.5. The van der Waals surface area contributed by atoms with Gasteiger partial charge in [0.2, 0.25) is 5.91 Å². The normalized spacial score (nSPS) is 11.3. The number of aromatic nitrogens is 1. The van der Waals surface area contributed by atoms with E-state index >= 15 is 0 Å². The van der Waals surface area contributed by atoms with Crippen LogP contribution >= 0.6 is 23.1 Å². The van der Waals surface area contributed by atoms with Gasteiger partial charge in [0.05, 0.1) is 11.8 Å². The number of fused-ring (bicyclic) bond motifs is 1. The van der Waals surface area contributed by atoms with Gasteiger partial charge in [-0.3, -0.25) is 9.69 Å². The summed E-state index contributed by atoms with van der Waals surface area (Å²) in [4.78, 5) is 22.9. The maximum atomic E-state index is 13.2. The van der Waals surface area contributed by atoms with E-state index < -0.39 is 0 Å². The number of carbonyl (C=O) groups excluding carboxylic acids is 1. The van der Waals surface area contributed by atoms with E-state index in [9.17, 15) is 9.18 Å². The van der Waals surface area contributed by atoms with Crippen LogP contribution in [0, 0.1) is 12.7 Å². The highest BCUT2D eigenvalue weighted by Crippen LogP contribution is 2.36. The van der Waals surface area contributed by atoms with E-state index in [0.717, 1.165) is 56.7 Å². The van der Waals surface area contributed by atoms with E-state index in [1.54, 1.807) is 42.3 Å². The molecule has 3 rings (SSSR count). The second-order valence-electron chi connectivity index (χ2n) is 7.87. The Labute approximate surface area is 197 Å². The monoisotopic (exact) mass is 475 g/mol. The first-order valence-electron chi connectivity index (χ1n) is 10.7. The molecule has 0 fully saturated rings. The SMILES string of the molecule is COc1ccc(C)c2sc(N(CCCN(C)C)C(=O)CCCSc3ccc(F)cc3)nc12. The summed E-state index contributed by atoms with van der Waals surface area (Å²) in [5.41, 5.74) is 1.94. The van der Waals surface area contributed by atoms with Gasteiger partial charge in [-0.05, 0) is 82.1 Å². The minimum atomic E-state index is -0.236. The molecule has 0 bridgehead atoms. The molecule has 0 aliphatic carbocycles. The summed E-state index contributed by atoms with van der Waals surface area (Å²) >= 11 is 3.18. The number of anilines is 1. The summed E-state index contributed by atoms with van der Waals surface area (Å²) in [5.74, 6) is 1.37. The lowest BCUT2D eigenvalue weighted by molar-refractivity contribution is -0.118. The van der Waals surface area contributed by atoms with Crippen LogP contribution in [0.4, 0.5) is 9.52 Å². The molecule has 1 amide bonds. The Morgan fingerprint density at radius 2 is 1.88 bits per heavy atom. The molecule has 0 spiro atoms. The predicted molar refractivity (Wildman–Crippen MR) is 133 cm³/mol. The summed E-state index contributed by atoms with van der Waals surface area (Å²) in [6.45, 7) is 3.58. The van der Waals surface area contributed by atoms with Gasteiger partial charge in [-0.15, -0.1) is 11.8 Å². The van der Waals surface area contributed by atoms with E-state index in [-0.39, 0.29) is 11.7 Å². The molecule has 32 heavy (non-hydrogen) atoms. The van der Waals surface area contributed by atoms with Gasteiger partial charge in [0.25, 0.3) is 0 Å². The molecule has 8 heteroatoms. The Bertz CT molecular complexity index is 1040. The number of hydrogen-bond acceptors (Lipinski definition) is 6. The van der Waals surface area contributed by atoms with Gasteiger partial charge in [0, 0.05) is 17.9 Å². The van der Waals surface area contributed by atoms with E-state index in [0.29, 0.717) is 13.0 Å². The Hall–Kier alpha value is -2.16. The molecule has 1 aromatic heterocycles. The maximum Gasteiger partial charge on any atom is 0.228 e. The van der Waals surface area contributed by atoms with Crippen molar-refractivity contribution in [3.8, 4) is 5.75 Å². The van der Waals surface area contributed by atoms with Crippen molar-refractivity contribution in [3.63, 3.8) is 0 Å². The van der Waals surface area contributed by atoms with Gasteiger partial charge in [-0.2, -0.15) is 0 Å². The van der Waals surface area contributed by atoms with Crippen molar-refractivity contribution in [2.24, 2.45) is 0 Å². The third-order valence-corrected chi connectivity index (χ3v) is 7.36. The number of thioether (sulfide) groups is 1. The molecule has 2 aromatic carbocycles. The quantitative estimate of drug-likeness (QED) is 0.266. The molecule has 0 atom stereocenters. The number of halogens is 1. The van der Waals surface area contributed by atoms with Crippen molar-refractivity contribution in [2.45, 2.75) is 31.1 Å². The molecule has 0 aliphatic rings. The minimum Gasteiger partial charge on any atom is -0.494 e. The fraction of sp³-hybridized carbons (Fsp3) is 0.417. The van der Waals surface area contributed by atoms with Crippen molar-refractivity contribution in [3.05, 3.63) is 47.8 Å². The number of hydrogen-bond donors (Lipinski definition) is 0. The summed E-state index contributed by atoms with van der Waals surface area (Å²) in [5, 5.41) is 0.725. The van der Waals surface area contributed by atoms with Gasteiger partial charge in [-0.1, -0.05) is 17.4 Å². The lowest BCUT2D eigenvalue weighted by Crippen LogP contribution is -2.33. The van der Waals surface area contributed by atoms with Gasteiger partial charge in [0.15, 0.2) is 5.13 Å². The van der Waals surface area contributed by atoms with Crippen LogP contribution < -0.4 is 9.64 Å². The Balaban J connectivity index is 1.70. The van der Waals surface area contributed by atoms with Crippen molar-refractivity contribution in [1.29, 1.82) is 0 Å². The number of benzene rings is 2. The zero-order valence-corrected chi connectivity index (χ0v) is 20.7. The standard InChI is InChI=1S/C24H30FN3O2S2/c1-17-8-13-20(30-4)22-23(17)32-24(26-22)28(15-6-14-27(2)3)21(29)7-5-16-31-19-11-9-18(25)10-12-19/h8-13H,5-7,14-16H2,1-4H3.